The molecule has 1 nitrogen and oxygen atoms in total. The van der Waals surface area contributed by atoms with Crippen LogP contribution in [0.3, 0.4) is 0 Å². The third kappa shape index (κ3) is 3.14. The summed E-state index contributed by atoms with van der Waals surface area (Å²) in [4.78, 5) is 0. The van der Waals surface area contributed by atoms with E-state index in [2.05, 4.69) is 5.32 Å². The van der Waals surface area contributed by atoms with Crippen molar-refractivity contribution < 1.29 is 4.39 Å². The van der Waals surface area contributed by atoms with Gasteiger partial charge in [-0.25, -0.2) is 4.39 Å². The molecule has 1 aliphatic carbocycles. The van der Waals surface area contributed by atoms with Crippen molar-refractivity contribution in [3.05, 3.63) is 57.8 Å². The first kappa shape index (κ1) is 13.9. The van der Waals surface area contributed by atoms with E-state index < -0.39 is 0 Å². The Labute approximate surface area is 127 Å². The van der Waals surface area contributed by atoms with Gasteiger partial charge in [-0.15, -0.1) is 0 Å². The molecular weight excluding hydrogens is 296 g/mol. The van der Waals surface area contributed by atoms with Crippen molar-refractivity contribution >= 4 is 23.2 Å². The van der Waals surface area contributed by atoms with Crippen LogP contribution in [0, 0.1) is 5.82 Å². The molecule has 1 N–H and O–H groups in total. The second kappa shape index (κ2) is 5.72. The summed E-state index contributed by atoms with van der Waals surface area (Å²) in [5, 5.41) is 4.43. The summed E-state index contributed by atoms with van der Waals surface area (Å²) < 4.78 is 13.5. The summed E-state index contributed by atoms with van der Waals surface area (Å²) in [5.41, 5.74) is 2.81. The van der Waals surface area contributed by atoms with Gasteiger partial charge in [0.25, 0.3) is 0 Å². The minimum absolute atomic E-state index is 0.249. The summed E-state index contributed by atoms with van der Waals surface area (Å²) in [6.07, 6.45) is 2.45. The Balaban J connectivity index is 1.96. The zero-order valence-corrected chi connectivity index (χ0v) is 12.3. The fraction of sp³-hybridized carbons (Fsp3) is 0.250. The molecule has 20 heavy (non-hydrogen) atoms. The summed E-state index contributed by atoms with van der Waals surface area (Å²) in [7, 11) is 0. The summed E-state index contributed by atoms with van der Waals surface area (Å²) in [6, 6.07) is 10.9. The van der Waals surface area contributed by atoms with Crippen LogP contribution in [0.5, 0.6) is 0 Å². The van der Waals surface area contributed by atoms with Crippen LogP contribution in [0.2, 0.25) is 10.0 Å². The molecule has 0 spiro atoms. The highest BCUT2D eigenvalue weighted by Gasteiger charge is 2.20. The van der Waals surface area contributed by atoms with E-state index in [4.69, 9.17) is 23.2 Å². The van der Waals surface area contributed by atoms with Crippen molar-refractivity contribution in [2.75, 3.05) is 0 Å². The second-order valence-corrected chi connectivity index (χ2v) is 5.90. The van der Waals surface area contributed by atoms with Gasteiger partial charge >= 0.3 is 0 Å². The van der Waals surface area contributed by atoms with Gasteiger partial charge in [-0.1, -0.05) is 35.3 Å². The Hall–Kier alpha value is -1.09. The van der Waals surface area contributed by atoms with Crippen molar-refractivity contribution in [2.45, 2.75) is 25.4 Å². The predicted octanol–water partition coefficient (Wildman–Crippen LogP) is 5.05. The van der Waals surface area contributed by atoms with Gasteiger partial charge < -0.3 is 5.32 Å². The SMILES string of the molecule is Fc1ccc(CNC2CC2)c(-c2ccc(Cl)c(Cl)c2)c1. The fourth-order valence-corrected chi connectivity index (χ4v) is 2.48. The first-order chi connectivity index (χ1) is 9.63. The van der Waals surface area contributed by atoms with Crippen LogP contribution in [-0.4, -0.2) is 6.04 Å². The average molecular weight is 310 g/mol. The Bertz CT molecular complexity index is 638. The fourth-order valence-electron chi connectivity index (χ4n) is 2.18. The molecule has 104 valence electrons. The number of nitrogens with one attached hydrogen (secondary N) is 1. The zero-order valence-electron chi connectivity index (χ0n) is 10.8. The number of hydrogen-bond acceptors (Lipinski definition) is 1. The third-order valence-corrected chi connectivity index (χ3v) is 4.20. The molecule has 0 radical (unpaired) electrons. The highest BCUT2D eigenvalue weighted by molar-refractivity contribution is 6.42. The topological polar surface area (TPSA) is 12.0 Å². The molecule has 2 aromatic carbocycles. The van der Waals surface area contributed by atoms with E-state index in [1.165, 1.54) is 18.9 Å². The first-order valence-corrected chi connectivity index (χ1v) is 7.36. The number of hydrogen-bond donors (Lipinski definition) is 1. The van der Waals surface area contributed by atoms with Gasteiger partial charge in [0, 0.05) is 12.6 Å². The Morgan fingerprint density at radius 2 is 1.85 bits per heavy atom. The average Bonchev–Trinajstić information content (AvgIpc) is 3.24. The van der Waals surface area contributed by atoms with E-state index in [-0.39, 0.29) is 5.82 Å². The number of halogens is 3. The molecule has 1 aliphatic rings. The maximum Gasteiger partial charge on any atom is 0.123 e. The minimum Gasteiger partial charge on any atom is -0.310 e. The van der Waals surface area contributed by atoms with Crippen molar-refractivity contribution in [3.8, 4) is 11.1 Å². The van der Waals surface area contributed by atoms with E-state index in [1.54, 1.807) is 18.2 Å². The summed E-state index contributed by atoms with van der Waals surface area (Å²) >= 11 is 12.0. The Morgan fingerprint density at radius 1 is 1.05 bits per heavy atom. The standard InChI is InChI=1S/C16H14Cl2FN/c17-15-6-2-10(7-16(15)18)14-8-12(19)3-1-11(14)9-20-13-4-5-13/h1-3,6-8,13,20H,4-5,9H2. The van der Waals surface area contributed by atoms with Gasteiger partial charge in [-0.05, 0) is 53.8 Å². The normalized spacial score (nSPS) is 14.6. The maximum atomic E-state index is 13.5. The zero-order chi connectivity index (χ0) is 14.1. The lowest BCUT2D eigenvalue weighted by Crippen LogP contribution is -2.15. The van der Waals surface area contributed by atoms with E-state index in [0.29, 0.717) is 16.1 Å². The van der Waals surface area contributed by atoms with Crippen LogP contribution in [0.1, 0.15) is 18.4 Å². The van der Waals surface area contributed by atoms with Crippen LogP contribution in [-0.2, 0) is 6.54 Å². The molecule has 2 aromatic rings. The molecular formula is C16H14Cl2FN. The lowest BCUT2D eigenvalue weighted by atomic mass is 9.99. The van der Waals surface area contributed by atoms with Gasteiger partial charge in [-0.3, -0.25) is 0 Å². The van der Waals surface area contributed by atoms with E-state index in [9.17, 15) is 4.39 Å². The van der Waals surface area contributed by atoms with Crippen molar-refractivity contribution in [1.29, 1.82) is 0 Å². The number of rotatable bonds is 4. The molecule has 1 fully saturated rings. The van der Waals surface area contributed by atoms with E-state index >= 15 is 0 Å². The van der Waals surface area contributed by atoms with Crippen LogP contribution in [0.25, 0.3) is 11.1 Å². The lowest BCUT2D eigenvalue weighted by Gasteiger charge is -2.11. The minimum atomic E-state index is -0.249. The molecule has 4 heteroatoms. The molecule has 0 aromatic heterocycles. The molecule has 0 aliphatic heterocycles. The molecule has 1 saturated carbocycles. The van der Waals surface area contributed by atoms with Gasteiger partial charge in [0.15, 0.2) is 0 Å². The highest BCUT2D eigenvalue weighted by Crippen LogP contribution is 2.31. The molecule has 0 unspecified atom stereocenters. The monoisotopic (exact) mass is 309 g/mol. The molecule has 0 bridgehead atoms. The largest absolute Gasteiger partial charge is 0.310 e. The summed E-state index contributed by atoms with van der Waals surface area (Å²) in [5.74, 6) is -0.249. The van der Waals surface area contributed by atoms with E-state index in [0.717, 1.165) is 23.2 Å². The maximum absolute atomic E-state index is 13.5. The van der Waals surface area contributed by atoms with E-state index in [1.807, 2.05) is 12.1 Å². The van der Waals surface area contributed by atoms with Gasteiger partial charge in [0.05, 0.1) is 10.0 Å². The van der Waals surface area contributed by atoms with Crippen LogP contribution >= 0.6 is 23.2 Å². The molecule has 3 rings (SSSR count). The van der Waals surface area contributed by atoms with Gasteiger partial charge in [0.2, 0.25) is 0 Å². The molecule has 0 atom stereocenters. The second-order valence-electron chi connectivity index (χ2n) is 5.09. The third-order valence-electron chi connectivity index (χ3n) is 3.46. The summed E-state index contributed by atoms with van der Waals surface area (Å²) in [6.45, 7) is 0.737. The first-order valence-electron chi connectivity index (χ1n) is 6.61. The van der Waals surface area contributed by atoms with Gasteiger partial charge in [-0.2, -0.15) is 0 Å². The quantitative estimate of drug-likeness (QED) is 0.833. The van der Waals surface area contributed by atoms with Crippen molar-refractivity contribution in [2.24, 2.45) is 0 Å². The van der Waals surface area contributed by atoms with Crippen molar-refractivity contribution in [1.82, 2.24) is 5.32 Å². The van der Waals surface area contributed by atoms with Crippen LogP contribution < -0.4 is 5.32 Å². The predicted molar refractivity (Wildman–Crippen MR) is 81.7 cm³/mol. The van der Waals surface area contributed by atoms with Crippen LogP contribution in [0.4, 0.5) is 4.39 Å². The van der Waals surface area contributed by atoms with Crippen molar-refractivity contribution in [3.63, 3.8) is 0 Å². The smallest absolute Gasteiger partial charge is 0.123 e. The number of benzene rings is 2. The van der Waals surface area contributed by atoms with Gasteiger partial charge in [0.1, 0.15) is 5.82 Å². The molecule has 0 amide bonds. The lowest BCUT2D eigenvalue weighted by molar-refractivity contribution is 0.625. The molecule has 0 saturated heterocycles. The Morgan fingerprint density at radius 3 is 2.55 bits per heavy atom. The van der Waals surface area contributed by atoms with Crippen LogP contribution in [0.15, 0.2) is 36.4 Å². The highest BCUT2D eigenvalue weighted by atomic mass is 35.5. The Kier molecular flexibility index (Phi) is 3.97. The molecule has 0 heterocycles.